The van der Waals surface area contributed by atoms with Gasteiger partial charge in [0.25, 0.3) is 0 Å². The van der Waals surface area contributed by atoms with Gasteiger partial charge in [-0.3, -0.25) is 0 Å². The van der Waals surface area contributed by atoms with Crippen molar-refractivity contribution in [3.63, 3.8) is 0 Å². The highest BCUT2D eigenvalue weighted by Crippen LogP contribution is 2.25. The van der Waals surface area contributed by atoms with Crippen molar-refractivity contribution in [2.75, 3.05) is 64.4 Å². The summed E-state index contributed by atoms with van der Waals surface area (Å²) in [5, 5.41) is 4.29. The van der Waals surface area contributed by atoms with Crippen LogP contribution in [0.2, 0.25) is 0 Å². The van der Waals surface area contributed by atoms with E-state index in [2.05, 4.69) is 46.4 Å². The van der Waals surface area contributed by atoms with E-state index in [-0.39, 0.29) is 0 Å². The monoisotopic (exact) mass is 391 g/mol. The van der Waals surface area contributed by atoms with Crippen LogP contribution in [-0.2, 0) is 11.3 Å². The summed E-state index contributed by atoms with van der Waals surface area (Å²) < 4.78 is 5.42. The van der Waals surface area contributed by atoms with Crippen LogP contribution in [0.3, 0.4) is 0 Å². The predicted octanol–water partition coefficient (Wildman–Crippen LogP) is 1.29. The largest absolute Gasteiger partial charge is 0.371 e. The van der Waals surface area contributed by atoms with Gasteiger partial charge in [0.1, 0.15) is 13.1 Å². The number of thiocarbonyl (C=S) groups is 1. The predicted molar refractivity (Wildman–Crippen MR) is 116 cm³/mol. The molecule has 2 aliphatic rings. The van der Waals surface area contributed by atoms with Gasteiger partial charge in [0, 0.05) is 45.3 Å². The second-order valence-electron chi connectivity index (χ2n) is 7.73. The number of piperidine rings is 1. The number of hydrogen-bond donors (Lipinski definition) is 2. The third-order valence-corrected chi connectivity index (χ3v) is 6.08. The highest BCUT2D eigenvalue weighted by atomic mass is 32.1. The molecule has 1 aromatic carbocycles. The molecule has 150 valence electrons. The maximum atomic E-state index is 5.62. The molecule has 0 atom stereocenters. The highest BCUT2D eigenvalue weighted by Gasteiger charge is 2.16. The summed E-state index contributed by atoms with van der Waals surface area (Å²) in [6, 6.07) is 8.79. The fourth-order valence-corrected chi connectivity index (χ4v) is 4.16. The van der Waals surface area contributed by atoms with E-state index in [9.17, 15) is 0 Å². The average Bonchev–Trinajstić information content (AvgIpc) is 2.73. The average molecular weight is 392 g/mol. The molecule has 0 amide bonds. The lowest BCUT2D eigenvalue weighted by Gasteiger charge is -2.32. The SMILES string of the molecule is CN(Cc1ccccc1N1CCCCC1)C(=S)NCCC[NH+]1CCOCC1. The van der Waals surface area contributed by atoms with Crippen molar-refractivity contribution in [2.24, 2.45) is 0 Å². The summed E-state index contributed by atoms with van der Waals surface area (Å²) in [6.45, 7) is 9.42. The topological polar surface area (TPSA) is 32.2 Å². The van der Waals surface area contributed by atoms with Crippen molar-refractivity contribution in [1.29, 1.82) is 0 Å². The van der Waals surface area contributed by atoms with E-state index in [0.29, 0.717) is 0 Å². The van der Waals surface area contributed by atoms with E-state index in [4.69, 9.17) is 17.0 Å². The lowest BCUT2D eigenvalue weighted by atomic mass is 10.1. The van der Waals surface area contributed by atoms with Gasteiger partial charge in [-0.15, -0.1) is 0 Å². The molecule has 6 heteroatoms. The molecule has 2 heterocycles. The molecule has 2 aliphatic heterocycles. The number of benzene rings is 1. The third kappa shape index (κ3) is 6.33. The second-order valence-corrected chi connectivity index (χ2v) is 8.12. The number of rotatable bonds is 7. The summed E-state index contributed by atoms with van der Waals surface area (Å²) in [7, 11) is 2.09. The first-order valence-electron chi connectivity index (χ1n) is 10.5. The molecular formula is C21H35N4OS+. The van der Waals surface area contributed by atoms with Gasteiger partial charge in [0.2, 0.25) is 0 Å². The van der Waals surface area contributed by atoms with Crippen molar-refractivity contribution < 1.29 is 9.64 Å². The maximum Gasteiger partial charge on any atom is 0.168 e. The van der Waals surface area contributed by atoms with E-state index in [0.717, 1.165) is 50.9 Å². The maximum absolute atomic E-state index is 5.62. The smallest absolute Gasteiger partial charge is 0.168 e. The molecule has 0 aromatic heterocycles. The van der Waals surface area contributed by atoms with Crippen LogP contribution in [0.15, 0.2) is 24.3 Å². The number of hydrogen-bond acceptors (Lipinski definition) is 3. The lowest BCUT2D eigenvalue weighted by Crippen LogP contribution is -3.14. The van der Waals surface area contributed by atoms with Crippen molar-refractivity contribution in [1.82, 2.24) is 10.2 Å². The van der Waals surface area contributed by atoms with Crippen molar-refractivity contribution >= 4 is 23.0 Å². The minimum absolute atomic E-state index is 0.848. The van der Waals surface area contributed by atoms with Gasteiger partial charge in [-0.1, -0.05) is 18.2 Å². The minimum Gasteiger partial charge on any atom is -0.371 e. The van der Waals surface area contributed by atoms with Gasteiger partial charge < -0.3 is 24.8 Å². The zero-order valence-corrected chi connectivity index (χ0v) is 17.5. The van der Waals surface area contributed by atoms with Gasteiger partial charge in [-0.05, 0) is 43.1 Å². The molecule has 3 rings (SSSR count). The van der Waals surface area contributed by atoms with Gasteiger partial charge in [0.05, 0.1) is 19.8 Å². The molecule has 2 N–H and O–H groups in total. The number of nitrogens with zero attached hydrogens (tertiary/aromatic N) is 2. The zero-order chi connectivity index (χ0) is 18.9. The van der Waals surface area contributed by atoms with Gasteiger partial charge in [-0.2, -0.15) is 0 Å². The van der Waals surface area contributed by atoms with Crippen LogP contribution < -0.4 is 15.1 Å². The molecule has 1 aromatic rings. The molecule has 0 bridgehead atoms. The number of anilines is 1. The van der Waals surface area contributed by atoms with E-state index in [1.54, 1.807) is 4.90 Å². The number of para-hydroxylation sites is 1. The Morgan fingerprint density at radius 1 is 1.19 bits per heavy atom. The fraction of sp³-hybridized carbons (Fsp3) is 0.667. The molecule has 5 nitrogen and oxygen atoms in total. The molecule has 27 heavy (non-hydrogen) atoms. The van der Waals surface area contributed by atoms with Crippen LogP contribution in [0.25, 0.3) is 0 Å². The van der Waals surface area contributed by atoms with E-state index in [1.165, 1.54) is 50.1 Å². The van der Waals surface area contributed by atoms with Crippen LogP contribution in [0.4, 0.5) is 5.69 Å². The van der Waals surface area contributed by atoms with Crippen LogP contribution in [-0.4, -0.2) is 69.5 Å². The number of morpholine rings is 1. The standard InChI is InChI=1S/C21H34N4OS/c1-23(21(27)22-10-7-11-24-14-16-26-17-15-24)18-19-8-3-4-9-20(19)25-12-5-2-6-13-25/h3-4,8-9H,2,5-7,10-18H2,1H3,(H,22,27)/p+1. The van der Waals surface area contributed by atoms with Crippen LogP contribution >= 0.6 is 12.2 Å². The first kappa shape index (κ1) is 20.4. The number of nitrogens with one attached hydrogen (secondary N) is 2. The van der Waals surface area contributed by atoms with Gasteiger partial charge in [-0.25, -0.2) is 0 Å². The van der Waals surface area contributed by atoms with Crippen molar-refractivity contribution in [3.05, 3.63) is 29.8 Å². The quantitative estimate of drug-likeness (QED) is 0.541. The summed E-state index contributed by atoms with van der Waals surface area (Å²) in [5.74, 6) is 0. The van der Waals surface area contributed by atoms with Crippen molar-refractivity contribution in [2.45, 2.75) is 32.2 Å². The lowest BCUT2D eigenvalue weighted by molar-refractivity contribution is -0.908. The van der Waals surface area contributed by atoms with E-state index >= 15 is 0 Å². The Morgan fingerprint density at radius 3 is 2.70 bits per heavy atom. The summed E-state index contributed by atoms with van der Waals surface area (Å²) in [4.78, 5) is 6.35. The molecule has 0 saturated carbocycles. The Bertz CT molecular complexity index is 585. The molecule has 0 aliphatic carbocycles. The third-order valence-electron chi connectivity index (χ3n) is 5.63. The molecule has 0 spiro atoms. The molecule has 0 radical (unpaired) electrons. The van der Waals surface area contributed by atoms with Gasteiger partial charge in [0.15, 0.2) is 5.11 Å². The molecule has 2 fully saturated rings. The Morgan fingerprint density at radius 2 is 1.93 bits per heavy atom. The van der Waals surface area contributed by atoms with E-state index < -0.39 is 0 Å². The Labute approximate surface area is 169 Å². The van der Waals surface area contributed by atoms with Gasteiger partial charge >= 0.3 is 0 Å². The minimum atomic E-state index is 0.848. The zero-order valence-electron chi connectivity index (χ0n) is 16.7. The Hall–Kier alpha value is -1.37. The molecular weight excluding hydrogens is 356 g/mol. The Balaban J connectivity index is 1.43. The number of ether oxygens (including phenoxy) is 1. The normalized spacial score (nSPS) is 18.3. The van der Waals surface area contributed by atoms with Crippen LogP contribution in [0.5, 0.6) is 0 Å². The molecule has 2 saturated heterocycles. The Kier molecular flexibility index (Phi) is 8.17. The van der Waals surface area contributed by atoms with Crippen molar-refractivity contribution in [3.8, 4) is 0 Å². The van der Waals surface area contributed by atoms with Crippen LogP contribution in [0.1, 0.15) is 31.2 Å². The first-order valence-corrected chi connectivity index (χ1v) is 10.9. The van der Waals surface area contributed by atoms with Crippen LogP contribution in [0, 0.1) is 0 Å². The first-order chi connectivity index (χ1) is 13.2. The highest BCUT2D eigenvalue weighted by molar-refractivity contribution is 7.80. The summed E-state index contributed by atoms with van der Waals surface area (Å²) >= 11 is 5.62. The second kappa shape index (κ2) is 10.8. The summed E-state index contributed by atoms with van der Waals surface area (Å²) in [6.07, 6.45) is 5.11. The molecule has 0 unspecified atom stereocenters. The fourth-order valence-electron chi connectivity index (χ4n) is 3.99. The number of quaternary nitrogens is 1. The summed E-state index contributed by atoms with van der Waals surface area (Å²) in [5.41, 5.74) is 2.74. The van der Waals surface area contributed by atoms with E-state index in [1.807, 2.05) is 0 Å².